The maximum atomic E-state index is 11.2. The van der Waals surface area contributed by atoms with Crippen LogP contribution in [0.2, 0.25) is 0 Å². The Balaban J connectivity index is 1.65. The molecule has 0 aliphatic heterocycles. The van der Waals surface area contributed by atoms with Crippen LogP contribution in [0.25, 0.3) is 12.2 Å². The van der Waals surface area contributed by atoms with Crippen molar-refractivity contribution < 1.29 is 5.11 Å². The van der Waals surface area contributed by atoms with Gasteiger partial charge in [0.25, 0.3) is 0 Å². The van der Waals surface area contributed by atoms with E-state index in [0.717, 1.165) is 11.1 Å². The Morgan fingerprint density at radius 3 is 1.62 bits per heavy atom. The first kappa shape index (κ1) is 15.2. The molecule has 2 aliphatic rings. The van der Waals surface area contributed by atoms with Gasteiger partial charge >= 0.3 is 0 Å². The lowest BCUT2D eigenvalue weighted by molar-refractivity contribution is 0.460. The second-order valence-electron chi connectivity index (χ2n) is 7.22. The van der Waals surface area contributed by atoms with E-state index in [9.17, 15) is 5.11 Å². The van der Waals surface area contributed by atoms with Crippen molar-refractivity contribution in [3.8, 4) is 5.75 Å². The van der Waals surface area contributed by atoms with E-state index in [-0.39, 0.29) is 11.8 Å². The Bertz CT molecular complexity index is 989. The molecule has 0 spiro atoms. The van der Waals surface area contributed by atoms with Crippen molar-refractivity contribution in [1.82, 2.24) is 0 Å². The van der Waals surface area contributed by atoms with Crippen molar-refractivity contribution in [2.75, 3.05) is 0 Å². The number of hydrogen-bond acceptors (Lipinski definition) is 1. The zero-order valence-electron chi connectivity index (χ0n) is 14.7. The van der Waals surface area contributed by atoms with Crippen LogP contribution in [0.1, 0.15) is 50.8 Å². The largest absolute Gasteiger partial charge is 0.507 e. The van der Waals surface area contributed by atoms with E-state index in [4.69, 9.17) is 0 Å². The molecule has 0 amide bonds. The first-order valence-corrected chi connectivity index (χ1v) is 9.10. The third-order valence-corrected chi connectivity index (χ3v) is 5.58. The van der Waals surface area contributed by atoms with Crippen LogP contribution in [0.5, 0.6) is 5.75 Å². The van der Waals surface area contributed by atoms with Gasteiger partial charge in [-0.15, -0.1) is 0 Å². The summed E-state index contributed by atoms with van der Waals surface area (Å²) in [6.45, 7) is 2.11. The van der Waals surface area contributed by atoms with E-state index in [0.29, 0.717) is 5.75 Å². The molecule has 1 heteroatoms. The molecule has 3 aromatic rings. The van der Waals surface area contributed by atoms with Crippen LogP contribution in [-0.4, -0.2) is 5.11 Å². The lowest BCUT2D eigenvalue weighted by Crippen LogP contribution is -2.03. The van der Waals surface area contributed by atoms with Crippen LogP contribution in [-0.2, 0) is 0 Å². The summed E-state index contributed by atoms with van der Waals surface area (Å²) < 4.78 is 0. The molecule has 2 aliphatic carbocycles. The van der Waals surface area contributed by atoms with Gasteiger partial charge in [-0.1, -0.05) is 90.5 Å². The van der Waals surface area contributed by atoms with Crippen LogP contribution in [0.15, 0.2) is 72.8 Å². The molecular weight excluding hydrogens is 316 g/mol. The third-order valence-electron chi connectivity index (χ3n) is 5.58. The number of hydrogen-bond donors (Lipinski definition) is 1. The van der Waals surface area contributed by atoms with Gasteiger partial charge in [0.2, 0.25) is 0 Å². The van der Waals surface area contributed by atoms with Gasteiger partial charge in [-0.05, 0) is 29.2 Å². The number of aryl methyl sites for hydroxylation is 1. The summed E-state index contributed by atoms with van der Waals surface area (Å²) >= 11 is 0. The zero-order chi connectivity index (χ0) is 17.7. The van der Waals surface area contributed by atoms with Gasteiger partial charge in [0.1, 0.15) is 5.75 Å². The topological polar surface area (TPSA) is 20.2 Å². The predicted octanol–water partition coefficient (Wildman–Crippen LogP) is 6.02. The molecule has 1 nitrogen and oxygen atoms in total. The van der Waals surface area contributed by atoms with Crippen molar-refractivity contribution in [1.29, 1.82) is 0 Å². The summed E-state index contributed by atoms with van der Waals surface area (Å²) in [5, 5.41) is 11.2. The molecule has 3 aromatic carbocycles. The van der Waals surface area contributed by atoms with Crippen molar-refractivity contribution in [2.45, 2.75) is 18.8 Å². The summed E-state index contributed by atoms with van der Waals surface area (Å²) in [4.78, 5) is 0. The molecule has 0 aromatic heterocycles. The summed E-state index contributed by atoms with van der Waals surface area (Å²) in [6.07, 6.45) is 8.71. The lowest BCUT2D eigenvalue weighted by atomic mass is 9.85. The fraction of sp³-hybridized carbons (Fsp3) is 0.120. The van der Waals surface area contributed by atoms with E-state index in [1.807, 2.05) is 0 Å². The smallest absolute Gasteiger partial charge is 0.123 e. The van der Waals surface area contributed by atoms with Gasteiger partial charge in [-0.2, -0.15) is 0 Å². The maximum absolute atomic E-state index is 11.2. The molecule has 5 rings (SSSR count). The van der Waals surface area contributed by atoms with E-state index >= 15 is 0 Å². The highest BCUT2D eigenvalue weighted by atomic mass is 16.3. The first-order valence-electron chi connectivity index (χ1n) is 9.10. The Labute approximate surface area is 154 Å². The van der Waals surface area contributed by atoms with Crippen LogP contribution in [0.4, 0.5) is 0 Å². The average molecular weight is 336 g/mol. The molecule has 2 atom stereocenters. The molecule has 0 bridgehead atoms. The molecule has 0 radical (unpaired) electrons. The molecule has 2 unspecified atom stereocenters. The average Bonchev–Trinajstić information content (AvgIpc) is 3.28. The predicted molar refractivity (Wildman–Crippen MR) is 107 cm³/mol. The summed E-state index contributed by atoms with van der Waals surface area (Å²) in [5.74, 6) is 0.657. The molecule has 0 fully saturated rings. The number of rotatable bonds is 2. The zero-order valence-corrected chi connectivity index (χ0v) is 14.7. The van der Waals surface area contributed by atoms with E-state index in [1.54, 1.807) is 0 Å². The summed E-state index contributed by atoms with van der Waals surface area (Å²) in [7, 11) is 0. The van der Waals surface area contributed by atoms with Crippen molar-refractivity contribution >= 4 is 12.2 Å². The van der Waals surface area contributed by atoms with Crippen molar-refractivity contribution in [3.63, 3.8) is 0 Å². The quantitative estimate of drug-likeness (QED) is 0.607. The fourth-order valence-corrected chi connectivity index (χ4v) is 4.35. The van der Waals surface area contributed by atoms with Gasteiger partial charge in [0.15, 0.2) is 0 Å². The Morgan fingerprint density at radius 2 is 1.12 bits per heavy atom. The van der Waals surface area contributed by atoms with Crippen molar-refractivity contribution in [3.05, 3.63) is 112 Å². The minimum Gasteiger partial charge on any atom is -0.507 e. The van der Waals surface area contributed by atoms with Crippen molar-refractivity contribution in [2.24, 2.45) is 0 Å². The van der Waals surface area contributed by atoms with Crippen LogP contribution >= 0.6 is 0 Å². The SMILES string of the molecule is Cc1cc(C2C=Cc3ccccc32)c(O)c(C2C=Cc3ccccc32)c1. The molecule has 0 heterocycles. The van der Waals surface area contributed by atoms with Crippen LogP contribution in [0, 0.1) is 6.92 Å². The second-order valence-corrected chi connectivity index (χ2v) is 7.22. The normalized spacial score (nSPS) is 19.6. The molecular formula is C25H20O. The Kier molecular flexibility index (Phi) is 3.36. The minimum atomic E-state index is 0.116. The monoisotopic (exact) mass is 336 g/mol. The van der Waals surface area contributed by atoms with Gasteiger partial charge in [0, 0.05) is 23.0 Å². The summed E-state index contributed by atoms with van der Waals surface area (Å²) in [6, 6.07) is 21.1. The third kappa shape index (κ3) is 2.24. The van der Waals surface area contributed by atoms with Gasteiger partial charge in [0.05, 0.1) is 0 Å². The molecule has 1 N–H and O–H groups in total. The number of allylic oxidation sites excluding steroid dienone is 2. The number of benzene rings is 3. The number of phenolic OH excluding ortho intramolecular Hbond substituents is 1. The van der Waals surface area contributed by atoms with Gasteiger partial charge < -0.3 is 5.11 Å². The van der Waals surface area contributed by atoms with Gasteiger partial charge in [-0.25, -0.2) is 0 Å². The molecule has 0 saturated heterocycles. The minimum absolute atomic E-state index is 0.116. The highest BCUT2D eigenvalue weighted by molar-refractivity contribution is 5.70. The Hall–Kier alpha value is -3.06. The van der Waals surface area contributed by atoms with Crippen LogP contribution < -0.4 is 0 Å². The summed E-state index contributed by atoms with van der Waals surface area (Å²) in [5.41, 5.74) is 8.20. The standard InChI is InChI=1S/C25H20O/c1-16-14-23(21-12-10-17-6-2-4-8-19(17)21)25(26)24(15-16)22-13-11-18-7-3-5-9-20(18)22/h2-15,21-22,26H,1H3. The number of phenols is 1. The fourth-order valence-electron chi connectivity index (χ4n) is 4.35. The first-order chi connectivity index (χ1) is 12.7. The highest BCUT2D eigenvalue weighted by Gasteiger charge is 2.27. The number of aromatic hydroxyl groups is 1. The van der Waals surface area contributed by atoms with E-state index in [2.05, 4.69) is 91.9 Å². The molecule has 126 valence electrons. The molecule has 0 saturated carbocycles. The van der Waals surface area contributed by atoms with Gasteiger partial charge in [-0.3, -0.25) is 0 Å². The maximum Gasteiger partial charge on any atom is 0.123 e. The highest BCUT2D eigenvalue weighted by Crippen LogP contribution is 2.45. The van der Waals surface area contributed by atoms with E-state index in [1.165, 1.54) is 27.8 Å². The molecule has 26 heavy (non-hydrogen) atoms. The Morgan fingerprint density at radius 1 is 0.654 bits per heavy atom. The lowest BCUT2D eigenvalue weighted by Gasteiger charge is -2.20. The van der Waals surface area contributed by atoms with Crippen LogP contribution in [0.3, 0.4) is 0 Å². The second kappa shape index (κ2) is 5.74. The van der Waals surface area contributed by atoms with E-state index < -0.39 is 0 Å². The number of fused-ring (bicyclic) bond motifs is 2.